The highest BCUT2D eigenvalue weighted by atomic mass is 16.5. The highest BCUT2D eigenvalue weighted by molar-refractivity contribution is 6.01. The van der Waals surface area contributed by atoms with Gasteiger partial charge in [-0.05, 0) is 55.4 Å². The molecular weight excluding hydrogens is 428 g/mol. The molecule has 7 nitrogen and oxygen atoms in total. The Bertz CT molecular complexity index is 1290. The summed E-state index contributed by atoms with van der Waals surface area (Å²) in [5, 5.41) is 3.32. The lowest BCUT2D eigenvalue weighted by Gasteiger charge is -2.45. The summed E-state index contributed by atoms with van der Waals surface area (Å²) >= 11 is 0. The molecule has 2 fully saturated rings. The average Bonchev–Trinajstić information content (AvgIpc) is 3.23. The third-order valence-electron chi connectivity index (χ3n) is 7.99. The molecular formula is C27H28N4O3. The maximum Gasteiger partial charge on any atom is 0.253 e. The lowest BCUT2D eigenvalue weighted by atomic mass is 9.71. The Morgan fingerprint density at radius 3 is 2.79 bits per heavy atom. The van der Waals surface area contributed by atoms with E-state index in [1.54, 1.807) is 6.20 Å². The topological polar surface area (TPSA) is 89.1 Å². The van der Waals surface area contributed by atoms with Crippen molar-refractivity contribution < 1.29 is 14.3 Å². The van der Waals surface area contributed by atoms with Gasteiger partial charge in [0.05, 0.1) is 36.4 Å². The fourth-order valence-electron chi connectivity index (χ4n) is 6.02. The van der Waals surface area contributed by atoms with Gasteiger partial charge in [-0.25, -0.2) is 0 Å². The largest absolute Gasteiger partial charge is 0.489 e. The molecule has 4 aliphatic rings. The van der Waals surface area contributed by atoms with Gasteiger partial charge in [0.25, 0.3) is 5.91 Å². The van der Waals surface area contributed by atoms with Crippen LogP contribution in [0.4, 0.5) is 0 Å². The first kappa shape index (κ1) is 20.2. The summed E-state index contributed by atoms with van der Waals surface area (Å²) in [5.74, 6) is 0.862. The second-order valence-electron chi connectivity index (χ2n) is 10.2. The van der Waals surface area contributed by atoms with Crippen molar-refractivity contribution in [2.75, 3.05) is 13.2 Å². The van der Waals surface area contributed by atoms with Crippen LogP contribution >= 0.6 is 0 Å². The zero-order chi connectivity index (χ0) is 22.7. The molecule has 1 amide bonds. The van der Waals surface area contributed by atoms with E-state index in [1.165, 1.54) is 12.0 Å². The number of carbonyl (C=O) groups is 1. The van der Waals surface area contributed by atoms with Crippen LogP contribution in [0.25, 0.3) is 22.5 Å². The van der Waals surface area contributed by atoms with E-state index >= 15 is 0 Å². The highest BCUT2D eigenvalue weighted by Crippen LogP contribution is 2.43. The first-order chi connectivity index (χ1) is 16.7. The van der Waals surface area contributed by atoms with Gasteiger partial charge >= 0.3 is 0 Å². The first-order valence-corrected chi connectivity index (χ1v) is 12.4. The summed E-state index contributed by atoms with van der Waals surface area (Å²) < 4.78 is 11.6. The lowest BCUT2D eigenvalue weighted by molar-refractivity contribution is 0.0254. The number of aromatic amines is 1. The van der Waals surface area contributed by atoms with Gasteiger partial charge in [0.1, 0.15) is 11.9 Å². The van der Waals surface area contributed by atoms with Crippen molar-refractivity contribution in [3.8, 4) is 28.3 Å². The minimum atomic E-state index is -0.0274. The molecule has 2 N–H and O–H groups in total. The second kappa shape index (κ2) is 7.67. The molecule has 1 saturated carbocycles. The molecule has 0 unspecified atom stereocenters. The van der Waals surface area contributed by atoms with Gasteiger partial charge in [-0.1, -0.05) is 0 Å². The van der Waals surface area contributed by atoms with Gasteiger partial charge in [-0.15, -0.1) is 0 Å². The quantitative estimate of drug-likeness (QED) is 0.622. The summed E-state index contributed by atoms with van der Waals surface area (Å²) in [5.41, 5.74) is 8.36. The van der Waals surface area contributed by atoms with Crippen LogP contribution in [-0.4, -0.2) is 45.7 Å². The van der Waals surface area contributed by atoms with Gasteiger partial charge in [-0.2, -0.15) is 0 Å². The molecule has 34 heavy (non-hydrogen) atoms. The predicted octanol–water partition coefficient (Wildman–Crippen LogP) is 4.00. The van der Waals surface area contributed by atoms with Crippen LogP contribution in [0.3, 0.4) is 0 Å². The summed E-state index contributed by atoms with van der Waals surface area (Å²) in [6.07, 6.45) is 13.6. The number of amides is 1. The molecule has 2 aliphatic carbocycles. The Morgan fingerprint density at radius 2 is 1.97 bits per heavy atom. The van der Waals surface area contributed by atoms with Crippen molar-refractivity contribution in [2.24, 2.45) is 0 Å². The Hall–Kier alpha value is -3.19. The Balaban J connectivity index is 1.23. The third-order valence-corrected chi connectivity index (χ3v) is 7.99. The molecule has 0 radical (unpaired) electrons. The van der Waals surface area contributed by atoms with E-state index in [4.69, 9.17) is 14.5 Å². The Morgan fingerprint density at radius 1 is 1.09 bits per heavy atom. The number of hydrogen-bond donors (Lipinski definition) is 2. The standard InChI is InChI=1S/C27H28N4O3/c32-26-24-20-3-2-16-14-29-22(17-10-19(15-28-13-17)34-18-4-8-33-9-5-18)11-21(16)25(20)30-23(24)12-27(31-26)6-1-7-27/h10-11,13-15,18,30H,1-9,12H2,(H,31,32). The number of ether oxygens (including phenoxy) is 2. The number of hydrogen-bond acceptors (Lipinski definition) is 5. The third kappa shape index (κ3) is 3.25. The SMILES string of the molecule is O=C1NC2(CCC2)Cc2[nH]c3c(c21)CCc1cnc(-c2cncc(OC4CCOCC4)c2)cc1-3. The minimum Gasteiger partial charge on any atom is -0.489 e. The normalized spacial score (nSPS) is 20.6. The van der Waals surface area contributed by atoms with Crippen molar-refractivity contribution in [3.05, 3.63) is 53.1 Å². The molecule has 2 aliphatic heterocycles. The first-order valence-electron chi connectivity index (χ1n) is 12.4. The van der Waals surface area contributed by atoms with E-state index in [0.717, 1.165) is 103 Å². The van der Waals surface area contributed by atoms with Gasteiger partial charge in [0.15, 0.2) is 0 Å². The Labute approximate surface area is 198 Å². The number of nitrogens with one attached hydrogen (secondary N) is 2. The molecule has 3 aromatic rings. The molecule has 0 bridgehead atoms. The number of aromatic nitrogens is 3. The zero-order valence-corrected chi connectivity index (χ0v) is 19.2. The summed E-state index contributed by atoms with van der Waals surface area (Å²) in [6, 6.07) is 4.16. The zero-order valence-electron chi connectivity index (χ0n) is 19.2. The summed E-state index contributed by atoms with van der Waals surface area (Å²) in [7, 11) is 0. The fourth-order valence-corrected chi connectivity index (χ4v) is 6.02. The molecule has 0 atom stereocenters. The number of aryl methyl sites for hydroxylation is 1. The number of pyridine rings is 2. The fraction of sp³-hybridized carbons (Fsp3) is 0.444. The number of carbonyl (C=O) groups excluding carboxylic acids is 1. The van der Waals surface area contributed by atoms with Crippen LogP contribution in [0, 0.1) is 0 Å². The maximum atomic E-state index is 13.1. The molecule has 174 valence electrons. The molecule has 7 heteroatoms. The highest BCUT2D eigenvalue weighted by Gasteiger charge is 2.45. The molecule has 7 rings (SSSR count). The molecule has 3 aromatic heterocycles. The molecule has 1 saturated heterocycles. The average molecular weight is 457 g/mol. The van der Waals surface area contributed by atoms with Crippen molar-refractivity contribution in [1.29, 1.82) is 0 Å². The van der Waals surface area contributed by atoms with E-state index in [0.29, 0.717) is 0 Å². The molecule has 0 aromatic carbocycles. The smallest absolute Gasteiger partial charge is 0.253 e. The van der Waals surface area contributed by atoms with Crippen LogP contribution in [-0.2, 0) is 24.0 Å². The number of rotatable bonds is 3. The number of fused-ring (bicyclic) bond motifs is 5. The lowest BCUT2D eigenvalue weighted by Crippen LogP contribution is -2.57. The Kier molecular flexibility index (Phi) is 4.56. The van der Waals surface area contributed by atoms with Gasteiger partial charge in [-0.3, -0.25) is 14.8 Å². The summed E-state index contributed by atoms with van der Waals surface area (Å²) in [4.78, 5) is 25.9. The number of nitrogens with zero attached hydrogens (tertiary/aromatic N) is 2. The van der Waals surface area contributed by atoms with E-state index < -0.39 is 0 Å². The van der Waals surface area contributed by atoms with Crippen LogP contribution in [0.15, 0.2) is 30.7 Å². The monoisotopic (exact) mass is 456 g/mol. The summed E-state index contributed by atoms with van der Waals surface area (Å²) in [6.45, 7) is 1.48. The van der Waals surface area contributed by atoms with Crippen LogP contribution < -0.4 is 10.1 Å². The van der Waals surface area contributed by atoms with Crippen LogP contribution in [0.5, 0.6) is 5.75 Å². The van der Waals surface area contributed by atoms with Crippen LogP contribution in [0.1, 0.15) is 59.3 Å². The van der Waals surface area contributed by atoms with Crippen molar-refractivity contribution in [3.63, 3.8) is 0 Å². The van der Waals surface area contributed by atoms with E-state index in [2.05, 4.69) is 21.4 Å². The van der Waals surface area contributed by atoms with Gasteiger partial charge in [0, 0.05) is 54.0 Å². The molecule has 1 spiro atoms. The minimum absolute atomic E-state index is 0.0274. The van der Waals surface area contributed by atoms with E-state index in [9.17, 15) is 4.79 Å². The molecule has 5 heterocycles. The second-order valence-corrected chi connectivity index (χ2v) is 10.2. The van der Waals surface area contributed by atoms with Gasteiger partial charge in [0.2, 0.25) is 0 Å². The van der Waals surface area contributed by atoms with Crippen LogP contribution in [0.2, 0.25) is 0 Å². The van der Waals surface area contributed by atoms with Crippen molar-refractivity contribution >= 4 is 5.91 Å². The maximum absolute atomic E-state index is 13.1. The predicted molar refractivity (Wildman–Crippen MR) is 127 cm³/mol. The van der Waals surface area contributed by atoms with Crippen molar-refractivity contribution in [1.82, 2.24) is 20.3 Å². The van der Waals surface area contributed by atoms with E-state index in [-0.39, 0.29) is 17.6 Å². The number of H-pyrrole nitrogens is 1. The van der Waals surface area contributed by atoms with Gasteiger partial charge < -0.3 is 19.8 Å². The van der Waals surface area contributed by atoms with E-state index in [1.807, 2.05) is 18.5 Å². The van der Waals surface area contributed by atoms with Crippen molar-refractivity contribution in [2.45, 2.75) is 63.0 Å².